The third-order valence-electron chi connectivity index (χ3n) is 2.67. The first-order valence-corrected chi connectivity index (χ1v) is 7.22. The summed E-state index contributed by atoms with van der Waals surface area (Å²) in [4.78, 5) is 18.3. The van der Waals surface area contributed by atoms with E-state index in [1.807, 2.05) is 6.92 Å². The van der Waals surface area contributed by atoms with Gasteiger partial charge in [-0.3, -0.25) is 4.79 Å². The highest BCUT2D eigenvalue weighted by molar-refractivity contribution is 9.10. The van der Waals surface area contributed by atoms with Crippen LogP contribution in [0.4, 0.5) is 5.82 Å². The molecular weight excluding hydrogens is 310 g/mol. The van der Waals surface area contributed by atoms with Crippen molar-refractivity contribution in [2.24, 2.45) is 0 Å². The SMILES string of the molecule is CCCNc1ncc(Br)cc1C(=O)N(CC)CCO. The van der Waals surface area contributed by atoms with Gasteiger partial charge in [0.15, 0.2) is 0 Å². The first kappa shape index (κ1) is 15.9. The van der Waals surface area contributed by atoms with Crippen LogP contribution in [0.2, 0.25) is 0 Å². The molecule has 2 N–H and O–H groups in total. The second-order valence-electron chi connectivity index (χ2n) is 4.08. The van der Waals surface area contributed by atoms with Gasteiger partial charge in [-0.2, -0.15) is 0 Å². The number of hydrogen-bond acceptors (Lipinski definition) is 4. The molecule has 0 saturated carbocycles. The molecular formula is C13H20BrN3O2. The van der Waals surface area contributed by atoms with Crippen LogP contribution in [-0.4, -0.2) is 47.1 Å². The maximum absolute atomic E-state index is 12.4. The van der Waals surface area contributed by atoms with Gasteiger partial charge in [0, 0.05) is 30.3 Å². The van der Waals surface area contributed by atoms with E-state index in [0.29, 0.717) is 24.5 Å². The van der Waals surface area contributed by atoms with E-state index in [1.165, 1.54) is 0 Å². The Morgan fingerprint density at radius 1 is 1.53 bits per heavy atom. The zero-order valence-electron chi connectivity index (χ0n) is 11.3. The lowest BCUT2D eigenvalue weighted by Gasteiger charge is -2.21. The molecule has 106 valence electrons. The summed E-state index contributed by atoms with van der Waals surface area (Å²) in [5, 5.41) is 12.1. The number of aliphatic hydroxyl groups excluding tert-OH is 1. The molecule has 1 aromatic heterocycles. The fourth-order valence-corrected chi connectivity index (χ4v) is 2.01. The summed E-state index contributed by atoms with van der Waals surface area (Å²) in [5.41, 5.74) is 0.526. The normalized spacial score (nSPS) is 10.3. The van der Waals surface area contributed by atoms with Gasteiger partial charge in [-0.1, -0.05) is 6.92 Å². The van der Waals surface area contributed by atoms with E-state index in [-0.39, 0.29) is 12.5 Å². The van der Waals surface area contributed by atoms with Crippen LogP contribution < -0.4 is 5.32 Å². The average molecular weight is 330 g/mol. The van der Waals surface area contributed by atoms with E-state index < -0.39 is 0 Å². The van der Waals surface area contributed by atoms with Gasteiger partial charge < -0.3 is 15.3 Å². The lowest BCUT2D eigenvalue weighted by molar-refractivity contribution is 0.0732. The third-order valence-corrected chi connectivity index (χ3v) is 3.10. The first-order chi connectivity index (χ1) is 9.13. The Labute approximate surface area is 122 Å². The summed E-state index contributed by atoms with van der Waals surface area (Å²) in [6, 6.07) is 1.76. The molecule has 0 aliphatic rings. The van der Waals surface area contributed by atoms with E-state index in [1.54, 1.807) is 17.2 Å². The number of amides is 1. The Morgan fingerprint density at radius 2 is 2.26 bits per heavy atom. The van der Waals surface area contributed by atoms with Crippen LogP contribution in [0.3, 0.4) is 0 Å². The summed E-state index contributed by atoms with van der Waals surface area (Å²) in [7, 11) is 0. The van der Waals surface area contributed by atoms with E-state index >= 15 is 0 Å². The van der Waals surface area contributed by atoms with Gasteiger partial charge in [0.25, 0.3) is 5.91 Å². The number of pyridine rings is 1. The highest BCUT2D eigenvalue weighted by atomic mass is 79.9. The predicted octanol–water partition coefficient (Wildman–Crippen LogP) is 2.12. The van der Waals surface area contributed by atoms with Crippen LogP contribution in [0.5, 0.6) is 0 Å². The number of halogens is 1. The van der Waals surface area contributed by atoms with Crippen molar-refractivity contribution >= 4 is 27.7 Å². The highest BCUT2D eigenvalue weighted by Crippen LogP contribution is 2.20. The number of carbonyl (C=O) groups excluding carboxylic acids is 1. The van der Waals surface area contributed by atoms with Crippen LogP contribution in [-0.2, 0) is 0 Å². The van der Waals surface area contributed by atoms with Crippen molar-refractivity contribution in [2.75, 3.05) is 31.6 Å². The summed E-state index contributed by atoms with van der Waals surface area (Å²) in [6.45, 7) is 5.55. The minimum atomic E-state index is -0.121. The van der Waals surface area contributed by atoms with Crippen molar-refractivity contribution < 1.29 is 9.90 Å². The van der Waals surface area contributed by atoms with Crippen molar-refractivity contribution in [3.8, 4) is 0 Å². The zero-order valence-corrected chi connectivity index (χ0v) is 12.9. The van der Waals surface area contributed by atoms with Gasteiger partial charge in [-0.25, -0.2) is 4.98 Å². The number of likely N-dealkylation sites (N-methyl/N-ethyl adjacent to an activating group) is 1. The molecule has 1 rings (SSSR count). The van der Waals surface area contributed by atoms with Crippen LogP contribution >= 0.6 is 15.9 Å². The fourth-order valence-electron chi connectivity index (χ4n) is 1.68. The monoisotopic (exact) mass is 329 g/mol. The molecule has 0 fully saturated rings. The highest BCUT2D eigenvalue weighted by Gasteiger charge is 2.18. The minimum absolute atomic E-state index is 0.0429. The molecule has 0 radical (unpaired) electrons. The zero-order chi connectivity index (χ0) is 14.3. The molecule has 1 aromatic rings. The molecule has 1 amide bonds. The van der Waals surface area contributed by atoms with E-state index in [4.69, 9.17) is 5.11 Å². The van der Waals surface area contributed by atoms with Crippen LogP contribution in [0.1, 0.15) is 30.6 Å². The standard InChI is InChI=1S/C13H20BrN3O2/c1-3-5-15-12-11(8-10(14)9-16-12)13(19)17(4-2)6-7-18/h8-9,18H,3-7H2,1-2H3,(H,15,16). The first-order valence-electron chi connectivity index (χ1n) is 6.43. The molecule has 0 unspecified atom stereocenters. The number of aliphatic hydroxyl groups is 1. The van der Waals surface area contributed by atoms with Gasteiger partial charge in [0.05, 0.1) is 12.2 Å². The number of anilines is 1. The van der Waals surface area contributed by atoms with E-state index in [0.717, 1.165) is 17.4 Å². The molecule has 0 atom stereocenters. The third kappa shape index (κ3) is 4.47. The Hall–Kier alpha value is -1.14. The molecule has 0 aliphatic carbocycles. The summed E-state index contributed by atoms with van der Waals surface area (Å²) in [5.74, 6) is 0.468. The number of nitrogens with one attached hydrogen (secondary N) is 1. The fraction of sp³-hybridized carbons (Fsp3) is 0.538. The molecule has 0 spiro atoms. The average Bonchev–Trinajstić information content (AvgIpc) is 2.42. The Morgan fingerprint density at radius 3 is 2.84 bits per heavy atom. The smallest absolute Gasteiger partial charge is 0.257 e. The summed E-state index contributed by atoms with van der Waals surface area (Å²) < 4.78 is 0.762. The van der Waals surface area contributed by atoms with Crippen molar-refractivity contribution in [1.82, 2.24) is 9.88 Å². The second kappa shape index (κ2) is 8.12. The maximum Gasteiger partial charge on any atom is 0.257 e. The van der Waals surface area contributed by atoms with Crippen LogP contribution in [0.25, 0.3) is 0 Å². The molecule has 19 heavy (non-hydrogen) atoms. The largest absolute Gasteiger partial charge is 0.395 e. The minimum Gasteiger partial charge on any atom is -0.395 e. The van der Waals surface area contributed by atoms with Crippen molar-refractivity contribution in [2.45, 2.75) is 20.3 Å². The lowest BCUT2D eigenvalue weighted by atomic mass is 10.2. The summed E-state index contributed by atoms with van der Waals surface area (Å²) >= 11 is 3.33. The molecule has 1 heterocycles. The number of aromatic nitrogens is 1. The molecule has 0 bridgehead atoms. The van der Waals surface area contributed by atoms with Crippen molar-refractivity contribution in [1.29, 1.82) is 0 Å². The molecule has 0 aromatic carbocycles. The molecule has 0 aliphatic heterocycles. The molecule has 6 heteroatoms. The van der Waals surface area contributed by atoms with Gasteiger partial charge >= 0.3 is 0 Å². The van der Waals surface area contributed by atoms with Gasteiger partial charge in [0.2, 0.25) is 0 Å². The second-order valence-corrected chi connectivity index (χ2v) is 5.00. The number of hydrogen-bond donors (Lipinski definition) is 2. The van der Waals surface area contributed by atoms with Gasteiger partial charge in [0.1, 0.15) is 5.82 Å². The Kier molecular flexibility index (Phi) is 6.80. The number of nitrogens with zero attached hydrogens (tertiary/aromatic N) is 2. The van der Waals surface area contributed by atoms with Gasteiger partial charge in [-0.15, -0.1) is 0 Å². The Bertz CT molecular complexity index is 426. The van der Waals surface area contributed by atoms with Gasteiger partial charge in [-0.05, 0) is 35.3 Å². The maximum atomic E-state index is 12.4. The van der Waals surface area contributed by atoms with Crippen LogP contribution in [0.15, 0.2) is 16.7 Å². The molecule has 5 nitrogen and oxygen atoms in total. The number of rotatable bonds is 7. The topological polar surface area (TPSA) is 65.5 Å². The summed E-state index contributed by atoms with van der Waals surface area (Å²) in [6.07, 6.45) is 2.62. The molecule has 0 saturated heterocycles. The van der Waals surface area contributed by atoms with E-state index in [9.17, 15) is 4.79 Å². The van der Waals surface area contributed by atoms with Crippen LogP contribution in [0, 0.1) is 0 Å². The predicted molar refractivity (Wildman–Crippen MR) is 79.4 cm³/mol. The Balaban J connectivity index is 3.01. The van der Waals surface area contributed by atoms with Crippen molar-refractivity contribution in [3.63, 3.8) is 0 Å². The quantitative estimate of drug-likeness (QED) is 0.804. The van der Waals surface area contributed by atoms with Crippen molar-refractivity contribution in [3.05, 3.63) is 22.3 Å². The van der Waals surface area contributed by atoms with E-state index in [2.05, 4.69) is 33.2 Å². The lowest BCUT2D eigenvalue weighted by Crippen LogP contribution is -2.34. The number of carbonyl (C=O) groups is 1.